The van der Waals surface area contributed by atoms with Gasteiger partial charge < -0.3 is 10.7 Å². The van der Waals surface area contributed by atoms with E-state index in [2.05, 4.69) is 9.97 Å². The zero-order valence-corrected chi connectivity index (χ0v) is 10.2. The van der Waals surface area contributed by atoms with Crippen LogP contribution in [0, 0.1) is 29.6 Å². The van der Waals surface area contributed by atoms with E-state index in [1.54, 1.807) is 0 Å². The Balaban J connectivity index is 1.62. The molecule has 4 saturated carbocycles. The zero-order valence-electron chi connectivity index (χ0n) is 10.2. The predicted molar refractivity (Wildman–Crippen MR) is 66.1 cm³/mol. The monoisotopic (exact) mass is 231 g/mol. The summed E-state index contributed by atoms with van der Waals surface area (Å²) in [5.74, 6) is 5.50. The van der Waals surface area contributed by atoms with Crippen LogP contribution >= 0.6 is 0 Å². The summed E-state index contributed by atoms with van der Waals surface area (Å²) in [6, 6.07) is 0.139. The second kappa shape index (κ2) is 3.58. The topological polar surface area (TPSA) is 54.7 Å². The minimum Gasteiger partial charge on any atom is -0.347 e. The molecule has 1 aromatic rings. The number of nitrogens with zero attached hydrogens (tertiary/aromatic N) is 1. The fourth-order valence-electron chi connectivity index (χ4n) is 5.20. The number of nitrogens with two attached hydrogens (primary N) is 1. The summed E-state index contributed by atoms with van der Waals surface area (Å²) in [6.07, 6.45) is 11.0. The van der Waals surface area contributed by atoms with Gasteiger partial charge in [-0.05, 0) is 61.7 Å². The Hall–Kier alpha value is -0.830. The van der Waals surface area contributed by atoms with Gasteiger partial charge in [0.15, 0.2) is 0 Å². The molecule has 0 aromatic carbocycles. The highest BCUT2D eigenvalue weighted by atomic mass is 14.9. The molecule has 5 rings (SSSR count). The second-order valence-corrected chi connectivity index (χ2v) is 6.51. The van der Waals surface area contributed by atoms with E-state index in [1.165, 1.54) is 32.1 Å². The van der Waals surface area contributed by atoms with Crippen LogP contribution in [-0.2, 0) is 0 Å². The first-order valence-electron chi connectivity index (χ1n) is 7.06. The third-order valence-corrected chi connectivity index (χ3v) is 5.55. The molecule has 0 aliphatic heterocycles. The van der Waals surface area contributed by atoms with E-state index < -0.39 is 0 Å². The number of aromatic nitrogens is 2. The highest BCUT2D eigenvalue weighted by molar-refractivity contribution is 5.06. The molecular formula is C14H21N3. The van der Waals surface area contributed by atoms with Crippen LogP contribution in [0.5, 0.6) is 0 Å². The van der Waals surface area contributed by atoms with Crippen LogP contribution in [0.1, 0.15) is 44.0 Å². The highest BCUT2D eigenvalue weighted by Crippen LogP contribution is 2.58. The van der Waals surface area contributed by atoms with Gasteiger partial charge >= 0.3 is 0 Å². The Kier molecular flexibility index (Phi) is 2.13. The fraction of sp³-hybridized carbons (Fsp3) is 0.786. The van der Waals surface area contributed by atoms with Crippen molar-refractivity contribution >= 4 is 0 Å². The molecule has 0 amide bonds. The molecule has 0 radical (unpaired) electrons. The number of aromatic amines is 1. The summed E-state index contributed by atoms with van der Waals surface area (Å²) >= 11 is 0. The van der Waals surface area contributed by atoms with Crippen molar-refractivity contribution in [1.82, 2.24) is 9.97 Å². The van der Waals surface area contributed by atoms with Crippen molar-refractivity contribution in [1.29, 1.82) is 0 Å². The van der Waals surface area contributed by atoms with Crippen molar-refractivity contribution < 1.29 is 0 Å². The van der Waals surface area contributed by atoms with Crippen LogP contribution in [0.4, 0.5) is 0 Å². The fourth-order valence-corrected chi connectivity index (χ4v) is 5.20. The molecule has 17 heavy (non-hydrogen) atoms. The van der Waals surface area contributed by atoms with E-state index in [-0.39, 0.29) is 6.04 Å². The molecule has 3 N–H and O–H groups in total. The molecule has 4 aliphatic rings. The average molecular weight is 231 g/mol. The predicted octanol–water partition coefficient (Wildman–Crippen LogP) is 2.48. The van der Waals surface area contributed by atoms with Crippen LogP contribution in [0.2, 0.25) is 0 Å². The summed E-state index contributed by atoms with van der Waals surface area (Å²) in [7, 11) is 0. The lowest BCUT2D eigenvalue weighted by molar-refractivity contribution is -0.0481. The quantitative estimate of drug-likeness (QED) is 0.821. The van der Waals surface area contributed by atoms with Crippen molar-refractivity contribution in [3.8, 4) is 0 Å². The van der Waals surface area contributed by atoms with Crippen molar-refractivity contribution in [3.05, 3.63) is 18.2 Å². The van der Waals surface area contributed by atoms with E-state index in [9.17, 15) is 0 Å². The van der Waals surface area contributed by atoms with Crippen LogP contribution in [0.15, 0.2) is 12.4 Å². The maximum atomic E-state index is 6.47. The lowest BCUT2D eigenvalue weighted by atomic mass is 9.50. The van der Waals surface area contributed by atoms with Gasteiger partial charge in [0.2, 0.25) is 0 Å². The van der Waals surface area contributed by atoms with E-state index in [0.717, 1.165) is 29.5 Å². The lowest BCUT2D eigenvalue weighted by Gasteiger charge is -2.55. The molecule has 1 unspecified atom stereocenters. The van der Waals surface area contributed by atoms with E-state index in [4.69, 9.17) is 5.73 Å². The molecule has 0 spiro atoms. The molecule has 4 aliphatic carbocycles. The van der Waals surface area contributed by atoms with E-state index >= 15 is 0 Å². The number of hydrogen-bond acceptors (Lipinski definition) is 2. The maximum Gasteiger partial charge on any atom is 0.123 e. The number of H-pyrrole nitrogens is 1. The molecule has 1 heterocycles. The van der Waals surface area contributed by atoms with Crippen LogP contribution in [-0.4, -0.2) is 9.97 Å². The third kappa shape index (κ3) is 1.48. The van der Waals surface area contributed by atoms with Gasteiger partial charge in [-0.25, -0.2) is 4.98 Å². The minimum atomic E-state index is 0.139. The summed E-state index contributed by atoms with van der Waals surface area (Å²) in [5.41, 5.74) is 6.47. The molecule has 4 bridgehead atoms. The van der Waals surface area contributed by atoms with Crippen LogP contribution in [0.25, 0.3) is 0 Å². The summed E-state index contributed by atoms with van der Waals surface area (Å²) in [6.45, 7) is 0. The highest BCUT2D eigenvalue weighted by Gasteiger charge is 2.50. The van der Waals surface area contributed by atoms with Gasteiger partial charge in [-0.1, -0.05) is 0 Å². The maximum absolute atomic E-state index is 6.47. The second-order valence-electron chi connectivity index (χ2n) is 6.51. The van der Waals surface area contributed by atoms with Crippen molar-refractivity contribution in [2.75, 3.05) is 0 Å². The molecule has 1 aromatic heterocycles. The van der Waals surface area contributed by atoms with Gasteiger partial charge in [0.05, 0.1) is 6.04 Å². The van der Waals surface area contributed by atoms with Gasteiger partial charge in [-0.15, -0.1) is 0 Å². The molecule has 0 saturated heterocycles. The van der Waals surface area contributed by atoms with Crippen molar-refractivity contribution in [2.24, 2.45) is 35.3 Å². The Morgan fingerprint density at radius 1 is 1.12 bits per heavy atom. The molecule has 3 heteroatoms. The molecular weight excluding hydrogens is 210 g/mol. The Labute approximate surface area is 102 Å². The first-order valence-corrected chi connectivity index (χ1v) is 7.06. The van der Waals surface area contributed by atoms with Gasteiger partial charge in [-0.3, -0.25) is 0 Å². The molecule has 4 fully saturated rings. The van der Waals surface area contributed by atoms with Crippen LogP contribution < -0.4 is 5.73 Å². The average Bonchev–Trinajstić information content (AvgIpc) is 2.80. The van der Waals surface area contributed by atoms with Crippen LogP contribution in [0.3, 0.4) is 0 Å². The van der Waals surface area contributed by atoms with Crippen molar-refractivity contribution in [3.63, 3.8) is 0 Å². The Morgan fingerprint density at radius 3 is 2.29 bits per heavy atom. The molecule has 92 valence electrons. The first kappa shape index (κ1) is 10.1. The largest absolute Gasteiger partial charge is 0.347 e. The van der Waals surface area contributed by atoms with Gasteiger partial charge in [0.25, 0.3) is 0 Å². The van der Waals surface area contributed by atoms with E-state index in [1.807, 2.05) is 12.4 Å². The standard InChI is InChI=1S/C14H21N3/c15-13(14-16-1-2-17-14)12-10-4-8-3-9(6-10)7-11(12)5-8/h1-2,8-13H,3-7,15H2,(H,16,17). The number of hydrogen-bond donors (Lipinski definition) is 2. The number of nitrogens with one attached hydrogen (secondary N) is 1. The molecule has 1 atom stereocenters. The third-order valence-electron chi connectivity index (χ3n) is 5.55. The zero-order chi connectivity index (χ0) is 11.4. The number of rotatable bonds is 2. The SMILES string of the molecule is NC(c1ncc[nH]1)C1C2CC3CC(C2)CC1C3. The summed E-state index contributed by atoms with van der Waals surface area (Å²) in [5, 5.41) is 0. The number of imidazole rings is 1. The van der Waals surface area contributed by atoms with Gasteiger partial charge in [-0.2, -0.15) is 0 Å². The summed E-state index contributed by atoms with van der Waals surface area (Å²) < 4.78 is 0. The van der Waals surface area contributed by atoms with Gasteiger partial charge in [0, 0.05) is 12.4 Å². The molecule has 3 nitrogen and oxygen atoms in total. The Bertz CT molecular complexity index is 370. The van der Waals surface area contributed by atoms with E-state index in [0.29, 0.717) is 5.92 Å². The lowest BCUT2D eigenvalue weighted by Crippen LogP contribution is -2.48. The summed E-state index contributed by atoms with van der Waals surface area (Å²) in [4.78, 5) is 7.58. The Morgan fingerprint density at radius 2 is 1.76 bits per heavy atom. The minimum absolute atomic E-state index is 0.139. The normalized spacial score (nSPS) is 45.1. The van der Waals surface area contributed by atoms with Gasteiger partial charge in [0.1, 0.15) is 5.82 Å². The first-order chi connectivity index (χ1) is 8.31. The van der Waals surface area contributed by atoms with Crippen molar-refractivity contribution in [2.45, 2.75) is 38.1 Å². The smallest absolute Gasteiger partial charge is 0.123 e.